The van der Waals surface area contributed by atoms with Crippen molar-refractivity contribution >= 4 is 29.1 Å². The van der Waals surface area contributed by atoms with Crippen molar-refractivity contribution < 1.29 is 8.94 Å². The Morgan fingerprint density at radius 1 is 1.10 bits per heavy atom. The predicted molar refractivity (Wildman–Crippen MR) is 78.8 cm³/mol. The van der Waals surface area contributed by atoms with E-state index in [2.05, 4.69) is 5.16 Å². The van der Waals surface area contributed by atoms with Crippen molar-refractivity contribution in [3.8, 4) is 22.6 Å². The lowest BCUT2D eigenvalue weighted by Gasteiger charge is -2.03. The van der Waals surface area contributed by atoms with E-state index in [-0.39, 0.29) is 5.88 Å². The molecule has 6 heteroatoms. The molecule has 0 aliphatic rings. The van der Waals surface area contributed by atoms with Crippen LogP contribution in [-0.4, -0.2) is 5.16 Å². The maximum absolute atomic E-state index is 6.04. The molecule has 0 spiro atoms. The summed E-state index contributed by atoms with van der Waals surface area (Å²) < 4.78 is 10.6. The Bertz CT molecular complexity index is 777. The zero-order chi connectivity index (χ0) is 14.3. The van der Waals surface area contributed by atoms with Crippen molar-refractivity contribution in [3.63, 3.8) is 0 Å². The third-order valence-corrected chi connectivity index (χ3v) is 3.64. The molecule has 0 radical (unpaired) electrons. The van der Waals surface area contributed by atoms with E-state index in [1.165, 1.54) is 0 Å². The van der Waals surface area contributed by atoms with Gasteiger partial charge in [0, 0.05) is 0 Å². The van der Waals surface area contributed by atoms with E-state index in [0.717, 1.165) is 11.3 Å². The molecule has 0 atom stereocenters. The van der Waals surface area contributed by atoms with Gasteiger partial charge in [-0.1, -0.05) is 34.4 Å². The predicted octanol–water partition coefficient (Wildman–Crippen LogP) is 4.80. The number of rotatable bonds is 2. The van der Waals surface area contributed by atoms with Gasteiger partial charge in [-0.15, -0.1) is 0 Å². The van der Waals surface area contributed by atoms with Crippen molar-refractivity contribution in [2.75, 3.05) is 5.73 Å². The first kappa shape index (κ1) is 13.1. The number of anilines is 1. The van der Waals surface area contributed by atoms with Gasteiger partial charge in [0.25, 0.3) is 0 Å². The van der Waals surface area contributed by atoms with Gasteiger partial charge in [-0.3, -0.25) is 0 Å². The molecule has 2 heterocycles. The second kappa shape index (κ2) is 4.89. The van der Waals surface area contributed by atoms with E-state index in [4.69, 9.17) is 37.9 Å². The fourth-order valence-corrected chi connectivity index (χ4v) is 2.26. The highest BCUT2D eigenvalue weighted by molar-refractivity contribution is 6.42. The van der Waals surface area contributed by atoms with Gasteiger partial charge in [0.2, 0.25) is 5.88 Å². The lowest BCUT2D eigenvalue weighted by Crippen LogP contribution is -1.87. The zero-order valence-electron chi connectivity index (χ0n) is 10.5. The van der Waals surface area contributed by atoms with Gasteiger partial charge in [0.15, 0.2) is 11.5 Å². The van der Waals surface area contributed by atoms with Crippen LogP contribution in [0.1, 0.15) is 5.76 Å². The van der Waals surface area contributed by atoms with Crippen LogP contribution in [0.2, 0.25) is 10.0 Å². The first-order valence-electron chi connectivity index (χ1n) is 5.83. The van der Waals surface area contributed by atoms with E-state index < -0.39 is 0 Å². The van der Waals surface area contributed by atoms with E-state index in [9.17, 15) is 0 Å². The summed E-state index contributed by atoms with van der Waals surface area (Å²) in [5.41, 5.74) is 7.80. The number of aromatic nitrogens is 1. The highest BCUT2D eigenvalue weighted by Crippen LogP contribution is 2.38. The number of aryl methyl sites for hydroxylation is 1. The maximum atomic E-state index is 6.04. The first-order valence-corrected chi connectivity index (χ1v) is 6.59. The van der Waals surface area contributed by atoms with Crippen LogP contribution in [0.25, 0.3) is 22.6 Å². The van der Waals surface area contributed by atoms with Crippen LogP contribution >= 0.6 is 23.2 Å². The smallest absolute Gasteiger partial charge is 0.230 e. The van der Waals surface area contributed by atoms with E-state index in [1.807, 2.05) is 19.1 Å². The van der Waals surface area contributed by atoms with Gasteiger partial charge in [-0.25, -0.2) is 0 Å². The molecule has 0 saturated carbocycles. The average molecular weight is 309 g/mol. The summed E-state index contributed by atoms with van der Waals surface area (Å²) in [6, 6.07) is 8.87. The van der Waals surface area contributed by atoms with Gasteiger partial charge in [-0.05, 0) is 36.8 Å². The van der Waals surface area contributed by atoms with Crippen LogP contribution in [0.3, 0.4) is 0 Å². The van der Waals surface area contributed by atoms with E-state index in [0.29, 0.717) is 27.1 Å². The SMILES string of the molecule is Cc1ccc(-c2noc(N)c2-c2ccc(Cl)c(Cl)c2)o1. The van der Waals surface area contributed by atoms with Gasteiger partial charge < -0.3 is 14.7 Å². The van der Waals surface area contributed by atoms with Gasteiger partial charge in [0.05, 0.1) is 15.6 Å². The molecule has 3 aromatic rings. The van der Waals surface area contributed by atoms with E-state index in [1.54, 1.807) is 18.2 Å². The molecule has 0 unspecified atom stereocenters. The summed E-state index contributed by atoms with van der Waals surface area (Å²) in [4.78, 5) is 0. The fraction of sp³-hybridized carbons (Fsp3) is 0.0714. The largest absolute Gasteiger partial charge is 0.460 e. The number of halogens is 2. The van der Waals surface area contributed by atoms with Crippen LogP contribution in [0, 0.1) is 6.92 Å². The lowest BCUT2D eigenvalue weighted by atomic mass is 10.0. The van der Waals surface area contributed by atoms with Gasteiger partial charge in [0.1, 0.15) is 5.76 Å². The zero-order valence-corrected chi connectivity index (χ0v) is 12.0. The lowest BCUT2D eigenvalue weighted by molar-refractivity contribution is 0.435. The van der Waals surface area contributed by atoms with Gasteiger partial charge >= 0.3 is 0 Å². The number of hydrogen-bond acceptors (Lipinski definition) is 4. The Hall–Kier alpha value is -1.91. The molecule has 0 amide bonds. The minimum atomic E-state index is 0.201. The van der Waals surface area contributed by atoms with Crippen molar-refractivity contribution in [3.05, 3.63) is 46.1 Å². The Labute approximate surface area is 125 Å². The summed E-state index contributed by atoms with van der Waals surface area (Å²) >= 11 is 12.0. The van der Waals surface area contributed by atoms with E-state index >= 15 is 0 Å². The van der Waals surface area contributed by atoms with Crippen LogP contribution in [0.5, 0.6) is 0 Å². The fourth-order valence-electron chi connectivity index (χ4n) is 1.96. The number of furan rings is 1. The van der Waals surface area contributed by atoms with Crippen molar-refractivity contribution in [2.45, 2.75) is 6.92 Å². The minimum Gasteiger partial charge on any atom is -0.460 e. The second-order valence-electron chi connectivity index (χ2n) is 4.31. The Kier molecular flexibility index (Phi) is 3.20. The molecule has 3 rings (SSSR count). The Morgan fingerprint density at radius 2 is 1.90 bits per heavy atom. The number of benzene rings is 1. The summed E-state index contributed by atoms with van der Waals surface area (Å²) in [6.45, 7) is 1.85. The molecular weight excluding hydrogens is 299 g/mol. The third kappa shape index (κ3) is 2.17. The van der Waals surface area contributed by atoms with Crippen LogP contribution in [0.15, 0.2) is 39.3 Å². The van der Waals surface area contributed by atoms with Crippen molar-refractivity contribution in [2.24, 2.45) is 0 Å². The molecule has 0 bridgehead atoms. The quantitative estimate of drug-likeness (QED) is 0.738. The Morgan fingerprint density at radius 3 is 2.55 bits per heavy atom. The molecular formula is C14H10Cl2N2O2. The van der Waals surface area contributed by atoms with Crippen molar-refractivity contribution in [1.82, 2.24) is 5.16 Å². The molecule has 0 aliphatic carbocycles. The normalized spacial score (nSPS) is 10.9. The topological polar surface area (TPSA) is 65.2 Å². The molecule has 0 saturated heterocycles. The average Bonchev–Trinajstić information content (AvgIpc) is 2.99. The third-order valence-electron chi connectivity index (χ3n) is 2.90. The van der Waals surface area contributed by atoms with Crippen LogP contribution in [-0.2, 0) is 0 Å². The number of nitrogens with two attached hydrogens (primary N) is 1. The maximum Gasteiger partial charge on any atom is 0.230 e. The van der Waals surface area contributed by atoms with Crippen molar-refractivity contribution in [1.29, 1.82) is 0 Å². The highest BCUT2D eigenvalue weighted by atomic mass is 35.5. The summed E-state index contributed by atoms with van der Waals surface area (Å²) in [5.74, 6) is 1.57. The standard InChI is InChI=1S/C14H10Cl2N2O2/c1-7-2-5-11(19-7)13-12(14(17)20-18-13)8-3-4-9(15)10(16)6-8/h2-6H,17H2,1H3. The monoisotopic (exact) mass is 308 g/mol. The molecule has 20 heavy (non-hydrogen) atoms. The molecule has 4 nitrogen and oxygen atoms in total. The number of hydrogen-bond donors (Lipinski definition) is 1. The summed E-state index contributed by atoms with van der Waals surface area (Å²) in [6.07, 6.45) is 0. The van der Waals surface area contributed by atoms with Crippen LogP contribution in [0.4, 0.5) is 5.88 Å². The first-order chi connectivity index (χ1) is 9.56. The molecule has 1 aromatic carbocycles. The number of nitrogen functional groups attached to an aromatic ring is 1. The summed E-state index contributed by atoms with van der Waals surface area (Å²) in [5, 5.41) is 4.87. The molecule has 0 fully saturated rings. The second-order valence-corrected chi connectivity index (χ2v) is 5.12. The Balaban J connectivity index is 2.18. The van der Waals surface area contributed by atoms with Crippen LogP contribution < -0.4 is 5.73 Å². The van der Waals surface area contributed by atoms with Gasteiger partial charge in [-0.2, -0.15) is 0 Å². The highest BCUT2D eigenvalue weighted by Gasteiger charge is 2.20. The molecule has 0 aliphatic heterocycles. The molecule has 2 aromatic heterocycles. The molecule has 2 N–H and O–H groups in total. The minimum absolute atomic E-state index is 0.201. The summed E-state index contributed by atoms with van der Waals surface area (Å²) in [7, 11) is 0. The molecule has 102 valence electrons. The number of nitrogens with zero attached hydrogens (tertiary/aromatic N) is 1.